The second-order valence-electron chi connectivity index (χ2n) is 4.88. The van der Waals surface area contributed by atoms with Crippen molar-refractivity contribution in [1.82, 2.24) is 9.78 Å². The molecule has 17 heavy (non-hydrogen) atoms. The Morgan fingerprint density at radius 2 is 1.88 bits per heavy atom. The Hall–Kier alpha value is -1.12. The smallest absolute Gasteiger partial charge is 0.137 e. The molecule has 0 amide bonds. The first-order valence-electron chi connectivity index (χ1n) is 6.50. The maximum atomic E-state index is 12.0. The summed E-state index contributed by atoms with van der Waals surface area (Å²) in [4.78, 5) is 12.0. The highest BCUT2D eigenvalue weighted by Gasteiger charge is 2.15. The van der Waals surface area contributed by atoms with E-state index in [1.54, 1.807) is 0 Å². The SMILES string of the molecule is CCC(CC)CC(=O)Cc1c(C)nn(C)c1C. The molecule has 0 aliphatic heterocycles. The van der Waals surface area contributed by atoms with Crippen LogP contribution in [0.5, 0.6) is 0 Å². The van der Waals surface area contributed by atoms with E-state index in [4.69, 9.17) is 0 Å². The minimum atomic E-state index is 0.345. The van der Waals surface area contributed by atoms with Gasteiger partial charge in [0, 0.05) is 31.1 Å². The number of rotatable bonds is 6. The molecular weight excluding hydrogens is 212 g/mol. The predicted octanol–water partition coefficient (Wildman–Crippen LogP) is 2.97. The average Bonchev–Trinajstić information content (AvgIpc) is 2.53. The number of ketones is 1. The molecule has 1 rings (SSSR count). The minimum absolute atomic E-state index is 0.345. The van der Waals surface area contributed by atoms with Crippen LogP contribution in [0.4, 0.5) is 0 Å². The highest BCUT2D eigenvalue weighted by molar-refractivity contribution is 5.81. The van der Waals surface area contributed by atoms with Crippen molar-refractivity contribution >= 4 is 5.78 Å². The summed E-state index contributed by atoms with van der Waals surface area (Å²) in [5, 5.41) is 4.35. The van der Waals surface area contributed by atoms with Gasteiger partial charge >= 0.3 is 0 Å². The lowest BCUT2D eigenvalue weighted by molar-refractivity contribution is -0.119. The largest absolute Gasteiger partial charge is 0.299 e. The molecule has 0 aromatic carbocycles. The standard InChI is InChI=1S/C14H24N2O/c1-6-12(7-2)8-13(17)9-14-10(3)15-16(5)11(14)4/h12H,6-9H2,1-5H3. The van der Waals surface area contributed by atoms with Gasteiger partial charge in [0.15, 0.2) is 0 Å². The molecule has 0 N–H and O–H groups in total. The van der Waals surface area contributed by atoms with Gasteiger partial charge in [0.2, 0.25) is 0 Å². The van der Waals surface area contributed by atoms with Gasteiger partial charge in [0.05, 0.1) is 5.69 Å². The van der Waals surface area contributed by atoms with Crippen molar-refractivity contribution in [2.24, 2.45) is 13.0 Å². The fraction of sp³-hybridized carbons (Fsp3) is 0.714. The lowest BCUT2D eigenvalue weighted by Crippen LogP contribution is -2.10. The Labute approximate surface area is 104 Å². The number of hydrogen-bond donors (Lipinski definition) is 0. The van der Waals surface area contributed by atoms with Crippen LogP contribution in [-0.2, 0) is 18.3 Å². The Morgan fingerprint density at radius 3 is 2.29 bits per heavy atom. The van der Waals surface area contributed by atoms with E-state index in [1.165, 1.54) is 0 Å². The van der Waals surface area contributed by atoms with Gasteiger partial charge < -0.3 is 0 Å². The van der Waals surface area contributed by atoms with E-state index in [2.05, 4.69) is 18.9 Å². The van der Waals surface area contributed by atoms with E-state index >= 15 is 0 Å². The summed E-state index contributed by atoms with van der Waals surface area (Å²) >= 11 is 0. The van der Waals surface area contributed by atoms with E-state index in [0.29, 0.717) is 24.5 Å². The summed E-state index contributed by atoms with van der Waals surface area (Å²) in [5.41, 5.74) is 3.21. The zero-order chi connectivity index (χ0) is 13.0. The molecule has 0 radical (unpaired) electrons. The molecule has 3 heteroatoms. The third-order valence-electron chi connectivity index (χ3n) is 3.70. The topological polar surface area (TPSA) is 34.9 Å². The number of carbonyl (C=O) groups is 1. The van der Waals surface area contributed by atoms with Crippen LogP contribution in [0.3, 0.4) is 0 Å². The third kappa shape index (κ3) is 3.42. The highest BCUT2D eigenvalue weighted by Crippen LogP contribution is 2.17. The molecule has 1 heterocycles. The second kappa shape index (κ2) is 5.99. The molecule has 0 saturated heterocycles. The summed E-state index contributed by atoms with van der Waals surface area (Å²) in [6.45, 7) is 8.32. The fourth-order valence-electron chi connectivity index (χ4n) is 2.24. The van der Waals surface area contributed by atoms with Crippen LogP contribution in [0, 0.1) is 19.8 Å². The molecule has 0 spiro atoms. The quantitative estimate of drug-likeness (QED) is 0.761. The average molecular weight is 236 g/mol. The first-order chi connectivity index (χ1) is 7.99. The Kier molecular flexibility index (Phi) is 4.91. The first-order valence-corrected chi connectivity index (χ1v) is 6.50. The molecule has 0 saturated carbocycles. The van der Waals surface area contributed by atoms with Crippen molar-refractivity contribution in [3.8, 4) is 0 Å². The molecule has 96 valence electrons. The molecule has 0 fully saturated rings. The van der Waals surface area contributed by atoms with Crippen LogP contribution in [-0.4, -0.2) is 15.6 Å². The van der Waals surface area contributed by atoms with Crippen LogP contribution >= 0.6 is 0 Å². The molecule has 3 nitrogen and oxygen atoms in total. The summed E-state index contributed by atoms with van der Waals surface area (Å²) in [6.07, 6.45) is 3.43. The number of nitrogens with zero attached hydrogens (tertiary/aromatic N) is 2. The molecule has 0 aliphatic carbocycles. The van der Waals surface area contributed by atoms with E-state index in [9.17, 15) is 4.79 Å². The van der Waals surface area contributed by atoms with Crippen LogP contribution in [0.15, 0.2) is 0 Å². The Bertz CT molecular complexity index is 389. The zero-order valence-electron chi connectivity index (χ0n) is 11.7. The number of aromatic nitrogens is 2. The van der Waals surface area contributed by atoms with Crippen molar-refractivity contribution in [3.63, 3.8) is 0 Å². The molecule has 1 aromatic heterocycles. The fourth-order valence-corrected chi connectivity index (χ4v) is 2.24. The first kappa shape index (κ1) is 13.9. The van der Waals surface area contributed by atoms with E-state index in [1.807, 2.05) is 25.6 Å². The number of aryl methyl sites for hydroxylation is 2. The van der Waals surface area contributed by atoms with Gasteiger partial charge in [-0.25, -0.2) is 0 Å². The van der Waals surface area contributed by atoms with Gasteiger partial charge in [-0.2, -0.15) is 5.10 Å². The van der Waals surface area contributed by atoms with Crippen molar-refractivity contribution in [3.05, 3.63) is 17.0 Å². The molecule has 0 aliphatic rings. The van der Waals surface area contributed by atoms with Gasteiger partial charge in [-0.1, -0.05) is 26.7 Å². The Morgan fingerprint density at radius 1 is 1.29 bits per heavy atom. The predicted molar refractivity (Wildman–Crippen MR) is 70.1 cm³/mol. The third-order valence-corrected chi connectivity index (χ3v) is 3.70. The number of Topliss-reactive ketones (excluding diaryl/α,β-unsaturated/α-hetero) is 1. The molecular formula is C14H24N2O. The molecule has 0 atom stereocenters. The summed E-state index contributed by atoms with van der Waals surface area (Å²) in [5.74, 6) is 0.887. The summed E-state index contributed by atoms with van der Waals surface area (Å²) in [7, 11) is 1.93. The van der Waals surface area contributed by atoms with Gasteiger partial charge in [0.25, 0.3) is 0 Å². The lowest BCUT2D eigenvalue weighted by atomic mass is 9.94. The minimum Gasteiger partial charge on any atom is -0.299 e. The van der Waals surface area contributed by atoms with Crippen molar-refractivity contribution in [2.45, 2.75) is 53.4 Å². The van der Waals surface area contributed by atoms with Gasteiger partial charge in [-0.15, -0.1) is 0 Å². The maximum absolute atomic E-state index is 12.0. The van der Waals surface area contributed by atoms with Crippen molar-refractivity contribution < 1.29 is 4.79 Å². The highest BCUT2D eigenvalue weighted by atomic mass is 16.1. The molecule has 1 aromatic rings. The van der Waals surface area contributed by atoms with Crippen LogP contribution in [0.1, 0.15) is 50.1 Å². The van der Waals surface area contributed by atoms with Crippen molar-refractivity contribution in [2.75, 3.05) is 0 Å². The maximum Gasteiger partial charge on any atom is 0.137 e. The van der Waals surface area contributed by atoms with Crippen LogP contribution in [0.2, 0.25) is 0 Å². The zero-order valence-corrected chi connectivity index (χ0v) is 11.7. The van der Waals surface area contributed by atoms with E-state index in [-0.39, 0.29) is 0 Å². The normalized spacial score (nSPS) is 11.2. The number of hydrogen-bond acceptors (Lipinski definition) is 2. The van der Waals surface area contributed by atoms with Crippen LogP contribution in [0.25, 0.3) is 0 Å². The van der Waals surface area contributed by atoms with E-state index < -0.39 is 0 Å². The van der Waals surface area contributed by atoms with Crippen molar-refractivity contribution in [1.29, 1.82) is 0 Å². The Balaban J connectivity index is 2.68. The molecule has 0 unspecified atom stereocenters. The van der Waals surface area contributed by atoms with Crippen LogP contribution < -0.4 is 0 Å². The lowest BCUT2D eigenvalue weighted by Gasteiger charge is -2.10. The van der Waals surface area contributed by atoms with Gasteiger partial charge in [-0.05, 0) is 19.8 Å². The molecule has 0 bridgehead atoms. The second-order valence-corrected chi connectivity index (χ2v) is 4.88. The number of carbonyl (C=O) groups excluding carboxylic acids is 1. The summed E-state index contributed by atoms with van der Waals surface area (Å²) in [6, 6.07) is 0. The summed E-state index contributed by atoms with van der Waals surface area (Å²) < 4.78 is 1.86. The van der Waals surface area contributed by atoms with Gasteiger partial charge in [-0.3, -0.25) is 9.48 Å². The monoisotopic (exact) mass is 236 g/mol. The van der Waals surface area contributed by atoms with E-state index in [0.717, 1.165) is 29.8 Å². The van der Waals surface area contributed by atoms with Gasteiger partial charge in [0.1, 0.15) is 5.78 Å².